The Balaban J connectivity index is 2.21. The van der Waals surface area contributed by atoms with E-state index >= 15 is 0 Å². The molecule has 21 heavy (non-hydrogen) atoms. The first kappa shape index (κ1) is 16.8. The third-order valence-electron chi connectivity index (χ3n) is 4.25. The number of nitrogen functional groups attached to an aromatic ring is 1. The van der Waals surface area contributed by atoms with Gasteiger partial charge in [0.1, 0.15) is 0 Å². The first-order valence-electron chi connectivity index (χ1n) is 7.17. The summed E-state index contributed by atoms with van der Waals surface area (Å²) in [7, 11) is -3.48. The zero-order valence-corrected chi connectivity index (χ0v) is 15.2. The molecule has 118 valence electrons. The summed E-state index contributed by atoms with van der Waals surface area (Å²) in [6.07, 6.45) is 1.81. The second-order valence-electron chi connectivity index (χ2n) is 6.73. The largest absolute Gasteiger partial charge is 0.399 e. The van der Waals surface area contributed by atoms with Gasteiger partial charge in [-0.2, -0.15) is 4.31 Å². The summed E-state index contributed by atoms with van der Waals surface area (Å²) in [5.41, 5.74) is 6.42. The lowest BCUT2D eigenvalue weighted by Crippen LogP contribution is -2.41. The van der Waals surface area contributed by atoms with Gasteiger partial charge in [-0.3, -0.25) is 0 Å². The fourth-order valence-corrected chi connectivity index (χ4v) is 5.25. The van der Waals surface area contributed by atoms with Crippen LogP contribution in [0.3, 0.4) is 0 Å². The summed E-state index contributed by atoms with van der Waals surface area (Å²) >= 11 is 3.32. The van der Waals surface area contributed by atoms with Crippen molar-refractivity contribution in [1.82, 2.24) is 4.31 Å². The molecule has 0 radical (unpaired) electrons. The van der Waals surface area contributed by atoms with Crippen molar-refractivity contribution in [2.45, 2.75) is 38.5 Å². The Labute approximate surface area is 135 Å². The molecule has 0 bridgehead atoms. The van der Waals surface area contributed by atoms with E-state index in [0.717, 1.165) is 12.8 Å². The third-order valence-corrected chi connectivity index (χ3v) is 7.14. The van der Waals surface area contributed by atoms with Gasteiger partial charge in [0.25, 0.3) is 0 Å². The van der Waals surface area contributed by atoms with Crippen LogP contribution in [0.2, 0.25) is 0 Å². The summed E-state index contributed by atoms with van der Waals surface area (Å²) in [5, 5.41) is 0. The molecule has 1 aromatic carbocycles. The second kappa shape index (κ2) is 5.89. The first-order chi connectivity index (χ1) is 9.62. The van der Waals surface area contributed by atoms with Crippen LogP contribution in [0.5, 0.6) is 0 Å². The molecule has 0 amide bonds. The van der Waals surface area contributed by atoms with Gasteiger partial charge in [-0.1, -0.05) is 20.8 Å². The maximum Gasteiger partial charge on any atom is 0.244 e. The standard InChI is InChI=1S/C15H23BrN2O2S/c1-15(2,3)11-6-8-18(9-7-11)21(19,20)14-10-12(17)4-5-13(14)16/h4-5,10-11H,6-9,17H2,1-3H3. The molecule has 1 aromatic rings. The summed E-state index contributed by atoms with van der Waals surface area (Å²) in [5.74, 6) is 0.563. The minimum absolute atomic E-state index is 0.230. The van der Waals surface area contributed by atoms with Crippen LogP contribution in [0.1, 0.15) is 33.6 Å². The smallest absolute Gasteiger partial charge is 0.244 e. The van der Waals surface area contributed by atoms with Crippen LogP contribution < -0.4 is 5.73 Å². The zero-order chi connectivity index (χ0) is 15.8. The average Bonchev–Trinajstić information content (AvgIpc) is 2.40. The molecule has 2 rings (SSSR count). The number of nitrogens with zero attached hydrogens (tertiary/aromatic N) is 1. The number of hydrogen-bond acceptors (Lipinski definition) is 3. The van der Waals surface area contributed by atoms with Crippen molar-refractivity contribution in [2.75, 3.05) is 18.8 Å². The number of piperidine rings is 1. The van der Waals surface area contributed by atoms with E-state index in [4.69, 9.17) is 5.73 Å². The van der Waals surface area contributed by atoms with Crippen molar-refractivity contribution in [2.24, 2.45) is 11.3 Å². The highest BCUT2D eigenvalue weighted by molar-refractivity contribution is 9.10. The van der Waals surface area contributed by atoms with Crippen molar-refractivity contribution in [3.05, 3.63) is 22.7 Å². The molecule has 6 heteroatoms. The van der Waals surface area contributed by atoms with Crippen LogP contribution in [-0.4, -0.2) is 25.8 Å². The fourth-order valence-electron chi connectivity index (χ4n) is 2.82. The number of rotatable bonds is 2. The molecule has 0 unspecified atom stereocenters. The van der Waals surface area contributed by atoms with E-state index in [2.05, 4.69) is 36.7 Å². The van der Waals surface area contributed by atoms with Gasteiger partial charge in [-0.15, -0.1) is 0 Å². The predicted molar refractivity (Wildman–Crippen MR) is 89.5 cm³/mol. The number of sulfonamides is 1. The lowest BCUT2D eigenvalue weighted by Gasteiger charge is -2.38. The maximum absolute atomic E-state index is 12.8. The summed E-state index contributed by atoms with van der Waals surface area (Å²) in [4.78, 5) is 0.261. The Morgan fingerprint density at radius 1 is 1.24 bits per heavy atom. The molecule has 0 spiro atoms. The topological polar surface area (TPSA) is 63.4 Å². The van der Waals surface area contributed by atoms with Crippen molar-refractivity contribution in [3.63, 3.8) is 0 Å². The SMILES string of the molecule is CC(C)(C)C1CCN(S(=O)(=O)c2cc(N)ccc2Br)CC1. The van der Waals surface area contributed by atoms with Gasteiger partial charge in [0.15, 0.2) is 0 Å². The van der Waals surface area contributed by atoms with Gasteiger partial charge in [0.2, 0.25) is 10.0 Å². The number of benzene rings is 1. The van der Waals surface area contributed by atoms with Crippen LogP contribution in [-0.2, 0) is 10.0 Å². The zero-order valence-electron chi connectivity index (χ0n) is 12.8. The molecule has 2 N–H and O–H groups in total. The average molecular weight is 375 g/mol. The van der Waals surface area contributed by atoms with Crippen molar-refractivity contribution in [3.8, 4) is 0 Å². The predicted octanol–water partition coefficient (Wildman–Crippen LogP) is 3.48. The molecular formula is C15H23BrN2O2S. The Morgan fingerprint density at radius 3 is 2.33 bits per heavy atom. The van der Waals surface area contributed by atoms with Crippen molar-refractivity contribution in [1.29, 1.82) is 0 Å². The molecule has 0 aliphatic carbocycles. The first-order valence-corrected chi connectivity index (χ1v) is 9.41. The fraction of sp³-hybridized carbons (Fsp3) is 0.600. The number of anilines is 1. The number of hydrogen-bond donors (Lipinski definition) is 1. The summed E-state index contributed by atoms with van der Waals surface area (Å²) in [6, 6.07) is 4.90. The minimum Gasteiger partial charge on any atom is -0.399 e. The normalized spacial score (nSPS) is 18.9. The maximum atomic E-state index is 12.8. The van der Waals surface area contributed by atoms with E-state index in [1.54, 1.807) is 16.4 Å². The van der Waals surface area contributed by atoms with E-state index in [1.165, 1.54) is 6.07 Å². The summed E-state index contributed by atoms with van der Waals surface area (Å²) < 4.78 is 27.7. The molecule has 4 nitrogen and oxygen atoms in total. The van der Waals surface area contributed by atoms with Gasteiger partial charge in [-0.05, 0) is 58.3 Å². The highest BCUT2D eigenvalue weighted by Crippen LogP contribution is 2.36. The second-order valence-corrected chi connectivity index (χ2v) is 9.49. The molecule has 1 fully saturated rings. The van der Waals surface area contributed by atoms with Crippen molar-refractivity contribution < 1.29 is 8.42 Å². The van der Waals surface area contributed by atoms with Crippen LogP contribution in [0.4, 0.5) is 5.69 Å². The molecule has 0 saturated carbocycles. The van der Waals surface area contributed by atoms with Gasteiger partial charge >= 0.3 is 0 Å². The lowest BCUT2D eigenvalue weighted by molar-refractivity contribution is 0.154. The Morgan fingerprint density at radius 2 is 1.81 bits per heavy atom. The van der Waals surface area contributed by atoms with E-state index < -0.39 is 10.0 Å². The molecule has 1 saturated heterocycles. The van der Waals surface area contributed by atoms with Crippen LogP contribution in [0, 0.1) is 11.3 Å². The van der Waals surface area contributed by atoms with Crippen LogP contribution in [0.15, 0.2) is 27.6 Å². The van der Waals surface area contributed by atoms with Crippen LogP contribution in [0.25, 0.3) is 0 Å². The Bertz CT molecular complexity index is 615. The van der Waals surface area contributed by atoms with Crippen molar-refractivity contribution >= 4 is 31.6 Å². The van der Waals surface area contributed by atoms with E-state index in [9.17, 15) is 8.42 Å². The van der Waals surface area contributed by atoms with Gasteiger partial charge in [-0.25, -0.2) is 8.42 Å². The summed E-state index contributed by atoms with van der Waals surface area (Å²) in [6.45, 7) is 7.81. The molecule has 1 aliphatic rings. The van der Waals surface area contributed by atoms with E-state index in [1.807, 2.05) is 0 Å². The monoisotopic (exact) mass is 374 g/mol. The molecule has 1 heterocycles. The highest BCUT2D eigenvalue weighted by atomic mass is 79.9. The number of nitrogens with two attached hydrogens (primary N) is 1. The van der Waals surface area contributed by atoms with Gasteiger partial charge in [0, 0.05) is 23.2 Å². The van der Waals surface area contributed by atoms with Gasteiger partial charge < -0.3 is 5.73 Å². The minimum atomic E-state index is -3.48. The lowest BCUT2D eigenvalue weighted by atomic mass is 9.76. The highest BCUT2D eigenvalue weighted by Gasteiger charge is 2.34. The van der Waals surface area contributed by atoms with Gasteiger partial charge in [0.05, 0.1) is 4.90 Å². The van der Waals surface area contributed by atoms with E-state index in [0.29, 0.717) is 29.2 Å². The van der Waals surface area contributed by atoms with E-state index in [-0.39, 0.29) is 10.3 Å². The molecule has 0 aromatic heterocycles. The Hall–Kier alpha value is -0.590. The van der Waals surface area contributed by atoms with Crippen LogP contribution >= 0.6 is 15.9 Å². The molecular weight excluding hydrogens is 352 g/mol. The molecule has 1 aliphatic heterocycles. The number of halogens is 1. The molecule has 0 atom stereocenters. The quantitative estimate of drug-likeness (QED) is 0.805. The third kappa shape index (κ3) is 3.60. The Kier molecular flexibility index (Phi) is 4.71.